The second-order valence-electron chi connectivity index (χ2n) is 2.09. The first-order valence-corrected chi connectivity index (χ1v) is 2.67. The lowest BCUT2D eigenvalue weighted by Crippen LogP contribution is -2.05. The van der Waals surface area contributed by atoms with Gasteiger partial charge < -0.3 is 4.74 Å². The number of methoxy groups -OCH3 is 1. The summed E-state index contributed by atoms with van der Waals surface area (Å²) in [6, 6.07) is 0. The van der Waals surface area contributed by atoms with Gasteiger partial charge in [0.2, 0.25) is 0 Å². The molecule has 0 radical (unpaired) electrons. The van der Waals surface area contributed by atoms with Gasteiger partial charge in [-0.25, -0.2) is 0 Å². The molecule has 0 unspecified atom stereocenters. The first kappa shape index (κ1) is 5.42. The molecule has 0 atom stereocenters. The topological polar surface area (TPSA) is 9.23 Å². The molecule has 1 aliphatic carbocycles. The fourth-order valence-corrected chi connectivity index (χ4v) is 0.994. The molecule has 0 aromatic heterocycles. The molecule has 0 saturated heterocycles. The highest BCUT2D eigenvalue weighted by molar-refractivity contribution is 5.41. The van der Waals surface area contributed by atoms with Crippen LogP contribution >= 0.6 is 0 Å². The van der Waals surface area contributed by atoms with E-state index in [-0.39, 0.29) is 0 Å². The Morgan fingerprint density at radius 3 is 2.38 bits per heavy atom. The van der Waals surface area contributed by atoms with Crippen molar-refractivity contribution in [3.63, 3.8) is 0 Å². The lowest BCUT2D eigenvalue weighted by atomic mass is 9.93. The highest BCUT2D eigenvalue weighted by atomic mass is 16.5. The van der Waals surface area contributed by atoms with Gasteiger partial charge in [-0.2, -0.15) is 0 Å². The summed E-state index contributed by atoms with van der Waals surface area (Å²) in [6.45, 7) is 5.84. The molecule has 0 aromatic rings. The molecule has 1 aliphatic rings. The SMILES string of the molecule is C=C1CC(C)=C1OC. The van der Waals surface area contributed by atoms with Crippen molar-refractivity contribution in [2.45, 2.75) is 13.3 Å². The zero-order valence-corrected chi connectivity index (χ0v) is 5.32. The van der Waals surface area contributed by atoms with Crippen LogP contribution in [-0.4, -0.2) is 7.11 Å². The number of hydrogen-bond donors (Lipinski definition) is 0. The van der Waals surface area contributed by atoms with Crippen LogP contribution in [0.3, 0.4) is 0 Å². The van der Waals surface area contributed by atoms with E-state index in [2.05, 4.69) is 13.5 Å². The van der Waals surface area contributed by atoms with Crippen molar-refractivity contribution in [2.24, 2.45) is 0 Å². The van der Waals surface area contributed by atoms with Crippen LogP contribution in [0.5, 0.6) is 0 Å². The maximum atomic E-state index is 4.99. The van der Waals surface area contributed by atoms with Crippen LogP contribution in [0.4, 0.5) is 0 Å². The number of allylic oxidation sites excluding steroid dienone is 2. The predicted molar refractivity (Wildman–Crippen MR) is 33.5 cm³/mol. The van der Waals surface area contributed by atoms with Gasteiger partial charge in [-0.3, -0.25) is 0 Å². The number of rotatable bonds is 1. The summed E-state index contributed by atoms with van der Waals surface area (Å²) in [7, 11) is 1.68. The summed E-state index contributed by atoms with van der Waals surface area (Å²) < 4.78 is 4.99. The lowest BCUT2D eigenvalue weighted by molar-refractivity contribution is 0.282. The van der Waals surface area contributed by atoms with Crippen LogP contribution in [0.1, 0.15) is 13.3 Å². The third-order valence-electron chi connectivity index (χ3n) is 1.39. The molecule has 0 aliphatic heterocycles. The van der Waals surface area contributed by atoms with Crippen molar-refractivity contribution < 1.29 is 4.74 Å². The van der Waals surface area contributed by atoms with Gasteiger partial charge in [0.15, 0.2) is 0 Å². The van der Waals surface area contributed by atoms with E-state index in [4.69, 9.17) is 4.74 Å². The average molecular weight is 110 g/mol. The van der Waals surface area contributed by atoms with E-state index in [1.54, 1.807) is 7.11 Å². The Morgan fingerprint density at radius 1 is 1.62 bits per heavy atom. The molecule has 0 aromatic carbocycles. The van der Waals surface area contributed by atoms with Gasteiger partial charge in [0.05, 0.1) is 7.11 Å². The second kappa shape index (κ2) is 1.66. The molecule has 1 nitrogen and oxygen atoms in total. The summed E-state index contributed by atoms with van der Waals surface area (Å²) in [5.41, 5.74) is 2.45. The largest absolute Gasteiger partial charge is 0.497 e. The zero-order valence-electron chi connectivity index (χ0n) is 5.32. The Bertz CT molecular complexity index is 154. The molecule has 0 fully saturated rings. The normalized spacial score (nSPS) is 18.5. The second-order valence-corrected chi connectivity index (χ2v) is 2.09. The van der Waals surface area contributed by atoms with Gasteiger partial charge in [0.1, 0.15) is 5.76 Å². The minimum atomic E-state index is 1.00. The quantitative estimate of drug-likeness (QED) is 0.500. The Balaban J connectivity index is 2.74. The van der Waals surface area contributed by atoms with E-state index < -0.39 is 0 Å². The third-order valence-corrected chi connectivity index (χ3v) is 1.39. The summed E-state index contributed by atoms with van der Waals surface area (Å²) in [4.78, 5) is 0. The summed E-state index contributed by atoms with van der Waals surface area (Å²) >= 11 is 0. The van der Waals surface area contributed by atoms with E-state index in [1.165, 1.54) is 5.57 Å². The summed E-state index contributed by atoms with van der Waals surface area (Å²) in [5.74, 6) is 1.00. The maximum Gasteiger partial charge on any atom is 0.121 e. The van der Waals surface area contributed by atoms with Crippen LogP contribution in [0, 0.1) is 0 Å². The van der Waals surface area contributed by atoms with Crippen LogP contribution in [0.25, 0.3) is 0 Å². The predicted octanol–water partition coefficient (Wildman–Crippen LogP) is 1.87. The van der Waals surface area contributed by atoms with Crippen molar-refractivity contribution in [1.82, 2.24) is 0 Å². The molecule has 0 amide bonds. The van der Waals surface area contributed by atoms with Crippen molar-refractivity contribution in [2.75, 3.05) is 7.11 Å². The molecular formula is C7H10O. The molecule has 44 valence electrons. The van der Waals surface area contributed by atoms with Crippen LogP contribution in [0.2, 0.25) is 0 Å². The molecule has 8 heavy (non-hydrogen) atoms. The third kappa shape index (κ3) is 0.548. The van der Waals surface area contributed by atoms with Gasteiger partial charge in [0.25, 0.3) is 0 Å². The zero-order chi connectivity index (χ0) is 6.15. The first-order chi connectivity index (χ1) is 3.75. The van der Waals surface area contributed by atoms with Crippen molar-refractivity contribution in [3.05, 3.63) is 23.5 Å². The maximum absolute atomic E-state index is 4.99. The molecule has 0 N–H and O–H groups in total. The standard InChI is InChI=1S/C7H10O/c1-5-4-6(2)7(5)8-3/h1,4H2,2-3H3. The number of hydrogen-bond acceptors (Lipinski definition) is 1. The van der Waals surface area contributed by atoms with Gasteiger partial charge >= 0.3 is 0 Å². The smallest absolute Gasteiger partial charge is 0.121 e. The van der Waals surface area contributed by atoms with E-state index in [0.29, 0.717) is 0 Å². The fourth-order valence-electron chi connectivity index (χ4n) is 0.994. The molecule has 0 spiro atoms. The highest BCUT2D eigenvalue weighted by Crippen LogP contribution is 2.31. The van der Waals surface area contributed by atoms with Crippen LogP contribution in [-0.2, 0) is 4.74 Å². The molecule has 1 rings (SSSR count). The van der Waals surface area contributed by atoms with Gasteiger partial charge in [0, 0.05) is 6.42 Å². The minimum absolute atomic E-state index is 1.00. The van der Waals surface area contributed by atoms with Gasteiger partial charge in [-0.1, -0.05) is 6.58 Å². The Labute approximate surface area is 49.7 Å². The van der Waals surface area contributed by atoms with Gasteiger partial charge in [-0.05, 0) is 18.1 Å². The monoisotopic (exact) mass is 110 g/mol. The van der Waals surface area contributed by atoms with Crippen molar-refractivity contribution in [3.8, 4) is 0 Å². The Morgan fingerprint density at radius 2 is 2.25 bits per heavy atom. The Kier molecular flexibility index (Phi) is 1.12. The molecule has 1 heteroatoms. The van der Waals surface area contributed by atoms with E-state index >= 15 is 0 Å². The first-order valence-electron chi connectivity index (χ1n) is 2.67. The molecule has 0 heterocycles. The van der Waals surface area contributed by atoms with Crippen LogP contribution in [0.15, 0.2) is 23.5 Å². The summed E-state index contributed by atoms with van der Waals surface area (Å²) in [5, 5.41) is 0. The average Bonchev–Trinajstić information content (AvgIpc) is 1.67. The van der Waals surface area contributed by atoms with E-state index in [1.807, 2.05) is 0 Å². The molecule has 0 saturated carbocycles. The van der Waals surface area contributed by atoms with E-state index in [0.717, 1.165) is 17.8 Å². The minimum Gasteiger partial charge on any atom is -0.497 e. The Hall–Kier alpha value is -0.720. The van der Waals surface area contributed by atoms with E-state index in [9.17, 15) is 0 Å². The highest BCUT2D eigenvalue weighted by Gasteiger charge is 2.17. The van der Waals surface area contributed by atoms with Crippen LogP contribution < -0.4 is 0 Å². The molecule has 0 bridgehead atoms. The van der Waals surface area contributed by atoms with Crippen molar-refractivity contribution in [1.29, 1.82) is 0 Å². The summed E-state index contributed by atoms with van der Waals surface area (Å²) in [6.07, 6.45) is 1.03. The molecular weight excluding hydrogens is 100 g/mol. The fraction of sp³-hybridized carbons (Fsp3) is 0.429. The van der Waals surface area contributed by atoms with Gasteiger partial charge in [-0.15, -0.1) is 0 Å². The number of ether oxygens (including phenoxy) is 1. The van der Waals surface area contributed by atoms with Crippen molar-refractivity contribution >= 4 is 0 Å². The lowest BCUT2D eigenvalue weighted by Gasteiger charge is -2.21.